The largest absolute Gasteiger partial charge is 0.410 e. The Morgan fingerprint density at radius 2 is 2.05 bits per heavy atom. The number of benzene rings is 1. The number of rotatable bonds is 2. The molecule has 0 saturated heterocycles. The average molecular weight is 274 g/mol. The number of amides is 1. The van der Waals surface area contributed by atoms with Gasteiger partial charge >= 0.3 is 6.09 Å². The maximum atomic E-state index is 10.9. The van der Waals surface area contributed by atoms with Gasteiger partial charge in [0.05, 0.1) is 5.52 Å². The summed E-state index contributed by atoms with van der Waals surface area (Å²) in [5.74, 6) is 1.72. The van der Waals surface area contributed by atoms with Crippen LogP contribution in [0.3, 0.4) is 0 Å². The molecular formula is C14H18N4O2. The lowest BCUT2D eigenvalue weighted by atomic mass is 9.86. The number of ether oxygens (including phenoxy) is 1. The van der Waals surface area contributed by atoms with Gasteiger partial charge in [0.2, 0.25) is 0 Å². The number of H-pyrrole nitrogens is 1. The highest BCUT2D eigenvalue weighted by atomic mass is 16.5. The zero-order valence-electron chi connectivity index (χ0n) is 11.1. The van der Waals surface area contributed by atoms with Gasteiger partial charge in [-0.3, -0.25) is 0 Å². The molecule has 1 fully saturated rings. The molecule has 0 unspecified atom stereocenters. The van der Waals surface area contributed by atoms with Crippen molar-refractivity contribution in [2.75, 3.05) is 0 Å². The van der Waals surface area contributed by atoms with Crippen molar-refractivity contribution in [1.29, 1.82) is 0 Å². The van der Waals surface area contributed by atoms with Gasteiger partial charge in [0, 0.05) is 12.0 Å². The number of hydrogen-bond donors (Lipinski definition) is 3. The molecule has 6 heteroatoms. The lowest BCUT2D eigenvalue weighted by Crippen LogP contribution is -2.26. The van der Waals surface area contributed by atoms with Crippen molar-refractivity contribution in [1.82, 2.24) is 9.97 Å². The molecule has 1 heterocycles. The standard InChI is InChI=1S/C14H18N4O2/c15-9-6-4-8(5-7-9)13-17-10-2-1-3-11(12(10)18-13)20-14(16)19/h1-3,8-9H,4-7,15H2,(H2,16,19)(H,17,18)/t8-,9-. The molecule has 20 heavy (non-hydrogen) atoms. The normalized spacial score (nSPS) is 22.9. The summed E-state index contributed by atoms with van der Waals surface area (Å²) in [5, 5.41) is 0. The molecule has 0 bridgehead atoms. The minimum atomic E-state index is -0.828. The number of nitrogens with two attached hydrogens (primary N) is 2. The summed E-state index contributed by atoms with van der Waals surface area (Å²) in [6.45, 7) is 0. The molecule has 0 atom stereocenters. The molecule has 1 aromatic carbocycles. The molecule has 1 aliphatic carbocycles. The number of fused-ring (bicyclic) bond motifs is 1. The number of carbonyl (C=O) groups is 1. The number of aromatic amines is 1. The summed E-state index contributed by atoms with van der Waals surface area (Å²) >= 11 is 0. The summed E-state index contributed by atoms with van der Waals surface area (Å²) in [5.41, 5.74) is 12.5. The third-order valence-corrected chi connectivity index (χ3v) is 3.86. The minimum Gasteiger partial charge on any atom is -0.408 e. The zero-order chi connectivity index (χ0) is 14.1. The number of nitrogens with zero attached hydrogens (tertiary/aromatic N) is 1. The number of carbonyl (C=O) groups excluding carboxylic acids is 1. The number of hydrogen-bond acceptors (Lipinski definition) is 4. The highest BCUT2D eigenvalue weighted by Gasteiger charge is 2.23. The predicted molar refractivity (Wildman–Crippen MR) is 75.5 cm³/mol. The van der Waals surface area contributed by atoms with E-state index < -0.39 is 6.09 Å². The van der Waals surface area contributed by atoms with Crippen LogP contribution in [-0.2, 0) is 0 Å². The van der Waals surface area contributed by atoms with Gasteiger partial charge in [-0.05, 0) is 37.8 Å². The van der Waals surface area contributed by atoms with Crippen molar-refractivity contribution in [2.24, 2.45) is 11.5 Å². The van der Waals surface area contributed by atoms with Gasteiger partial charge in [0.25, 0.3) is 0 Å². The van der Waals surface area contributed by atoms with Gasteiger partial charge in [0.1, 0.15) is 11.3 Å². The first-order valence-corrected chi connectivity index (χ1v) is 6.85. The van der Waals surface area contributed by atoms with Gasteiger partial charge in [-0.1, -0.05) is 6.07 Å². The third-order valence-electron chi connectivity index (χ3n) is 3.86. The van der Waals surface area contributed by atoms with Crippen molar-refractivity contribution in [3.05, 3.63) is 24.0 Å². The van der Waals surface area contributed by atoms with Gasteiger partial charge in [-0.2, -0.15) is 0 Å². The fourth-order valence-electron chi connectivity index (χ4n) is 2.80. The summed E-state index contributed by atoms with van der Waals surface area (Å²) in [6.07, 6.45) is 3.28. The molecular weight excluding hydrogens is 256 g/mol. The highest BCUT2D eigenvalue weighted by molar-refractivity contribution is 5.84. The van der Waals surface area contributed by atoms with Crippen LogP contribution < -0.4 is 16.2 Å². The smallest absolute Gasteiger partial charge is 0.408 e. The Bertz CT molecular complexity index is 629. The summed E-state index contributed by atoms with van der Waals surface area (Å²) in [6, 6.07) is 5.71. The van der Waals surface area contributed by atoms with E-state index in [2.05, 4.69) is 9.97 Å². The van der Waals surface area contributed by atoms with Crippen molar-refractivity contribution < 1.29 is 9.53 Å². The van der Waals surface area contributed by atoms with Gasteiger partial charge < -0.3 is 21.2 Å². The van der Waals surface area contributed by atoms with Crippen LogP contribution in [0.4, 0.5) is 4.79 Å². The van der Waals surface area contributed by atoms with Crippen LogP contribution in [-0.4, -0.2) is 22.1 Å². The summed E-state index contributed by atoms with van der Waals surface area (Å²) < 4.78 is 4.98. The molecule has 1 saturated carbocycles. The van der Waals surface area contributed by atoms with Crippen LogP contribution in [0.25, 0.3) is 11.0 Å². The fraction of sp³-hybridized carbons (Fsp3) is 0.429. The Balaban J connectivity index is 1.92. The van der Waals surface area contributed by atoms with E-state index in [1.165, 1.54) is 0 Å². The SMILES string of the molecule is NC(=O)Oc1cccc2[nH]c([C@H]3CC[C@H](N)CC3)nc12. The molecule has 106 valence electrons. The molecule has 3 rings (SSSR count). The molecule has 1 amide bonds. The second-order valence-electron chi connectivity index (χ2n) is 5.31. The second-order valence-corrected chi connectivity index (χ2v) is 5.31. The monoisotopic (exact) mass is 274 g/mol. The molecule has 1 aromatic heterocycles. The first kappa shape index (κ1) is 12.9. The van der Waals surface area contributed by atoms with E-state index in [-0.39, 0.29) is 0 Å². The topological polar surface area (TPSA) is 107 Å². The van der Waals surface area contributed by atoms with Gasteiger partial charge in [-0.25, -0.2) is 9.78 Å². The van der Waals surface area contributed by atoms with Crippen LogP contribution in [0, 0.1) is 0 Å². The Hall–Kier alpha value is -2.08. The molecule has 0 radical (unpaired) electrons. The number of nitrogens with one attached hydrogen (secondary N) is 1. The predicted octanol–water partition coefficient (Wildman–Crippen LogP) is 2.01. The van der Waals surface area contributed by atoms with Gasteiger partial charge in [-0.15, -0.1) is 0 Å². The van der Waals surface area contributed by atoms with E-state index in [1.54, 1.807) is 12.1 Å². The lowest BCUT2D eigenvalue weighted by molar-refractivity contribution is 0.211. The summed E-state index contributed by atoms with van der Waals surface area (Å²) in [4.78, 5) is 18.8. The van der Waals surface area contributed by atoms with E-state index in [1.807, 2.05) is 6.07 Å². The van der Waals surface area contributed by atoms with Crippen molar-refractivity contribution >= 4 is 17.1 Å². The van der Waals surface area contributed by atoms with Crippen molar-refractivity contribution in [3.63, 3.8) is 0 Å². The maximum absolute atomic E-state index is 10.9. The molecule has 5 N–H and O–H groups in total. The lowest BCUT2D eigenvalue weighted by Gasteiger charge is -2.24. The number of primary amides is 1. The quantitative estimate of drug-likeness (QED) is 0.778. The first-order valence-electron chi connectivity index (χ1n) is 6.85. The Labute approximate surface area is 116 Å². The molecule has 2 aromatic rings. The maximum Gasteiger partial charge on any atom is 0.410 e. The average Bonchev–Trinajstić information content (AvgIpc) is 2.84. The Kier molecular flexibility index (Phi) is 3.31. The highest BCUT2D eigenvalue weighted by Crippen LogP contribution is 2.33. The second kappa shape index (κ2) is 5.13. The zero-order valence-corrected chi connectivity index (χ0v) is 11.1. The molecule has 0 spiro atoms. The van der Waals surface area contributed by atoms with E-state index in [4.69, 9.17) is 16.2 Å². The van der Waals surface area contributed by atoms with E-state index in [9.17, 15) is 4.79 Å². The van der Waals surface area contributed by atoms with E-state index in [0.717, 1.165) is 37.0 Å². The molecule has 0 aliphatic heterocycles. The van der Waals surface area contributed by atoms with E-state index in [0.29, 0.717) is 23.2 Å². The first-order chi connectivity index (χ1) is 9.63. The van der Waals surface area contributed by atoms with E-state index >= 15 is 0 Å². The van der Waals surface area contributed by atoms with Crippen LogP contribution in [0.1, 0.15) is 37.4 Å². The number of aromatic nitrogens is 2. The Morgan fingerprint density at radius 1 is 1.30 bits per heavy atom. The van der Waals surface area contributed by atoms with Gasteiger partial charge in [0.15, 0.2) is 5.75 Å². The van der Waals surface area contributed by atoms with Crippen LogP contribution >= 0.6 is 0 Å². The Morgan fingerprint density at radius 3 is 2.75 bits per heavy atom. The van der Waals surface area contributed by atoms with Crippen molar-refractivity contribution in [2.45, 2.75) is 37.6 Å². The van der Waals surface area contributed by atoms with Crippen LogP contribution in [0.5, 0.6) is 5.75 Å². The fourth-order valence-corrected chi connectivity index (χ4v) is 2.80. The summed E-state index contributed by atoms with van der Waals surface area (Å²) in [7, 11) is 0. The van der Waals surface area contributed by atoms with Crippen LogP contribution in [0.2, 0.25) is 0 Å². The van der Waals surface area contributed by atoms with Crippen molar-refractivity contribution in [3.8, 4) is 5.75 Å². The molecule has 1 aliphatic rings. The van der Waals surface area contributed by atoms with Crippen LogP contribution in [0.15, 0.2) is 18.2 Å². The number of imidazole rings is 1. The number of para-hydroxylation sites is 1. The molecule has 6 nitrogen and oxygen atoms in total. The minimum absolute atomic E-state index is 0.310. The third kappa shape index (κ3) is 2.46.